The Morgan fingerprint density at radius 2 is 2.50 bits per heavy atom. The van der Waals surface area contributed by atoms with Crippen molar-refractivity contribution in [1.29, 1.82) is 5.26 Å². The number of thiophene rings is 1. The molecule has 0 saturated heterocycles. The average Bonchev–Trinajstić information content (AvgIpc) is 2.53. The normalized spacial score (nSPS) is 10.3. The Hall–Kier alpha value is -1.11. The van der Waals surface area contributed by atoms with E-state index in [0.717, 1.165) is 16.3 Å². The first-order valence-corrected chi connectivity index (χ1v) is 4.49. The third kappa shape index (κ3) is 2.50. The fourth-order valence-corrected chi connectivity index (χ4v) is 1.53. The van der Waals surface area contributed by atoms with Crippen molar-refractivity contribution in [2.45, 2.75) is 0 Å². The second kappa shape index (κ2) is 4.70. The fourth-order valence-electron chi connectivity index (χ4n) is 0.795. The third-order valence-electron chi connectivity index (χ3n) is 1.34. The molecule has 62 valence electrons. The predicted octanol–water partition coefficient (Wildman–Crippen LogP) is 1.85. The smallest absolute Gasteiger partial charge is 0.110 e. The quantitative estimate of drug-likeness (QED) is 0.766. The van der Waals surface area contributed by atoms with Gasteiger partial charge in [0.1, 0.15) is 10.9 Å². The Balaban J connectivity index is 2.59. The van der Waals surface area contributed by atoms with Crippen LogP contribution in [0.5, 0.6) is 0 Å². The highest BCUT2D eigenvalue weighted by Gasteiger charge is 1.93. The van der Waals surface area contributed by atoms with Crippen LogP contribution in [0.1, 0.15) is 9.75 Å². The van der Waals surface area contributed by atoms with Crippen molar-refractivity contribution in [2.24, 2.45) is 0 Å². The molecule has 0 saturated carbocycles. The number of hydrogen-bond acceptors (Lipinski definition) is 3. The Morgan fingerprint density at radius 3 is 3.08 bits per heavy atom. The maximum absolute atomic E-state index is 8.55. The molecule has 1 aromatic rings. The largest absolute Gasteiger partial charge is 0.316 e. The van der Waals surface area contributed by atoms with Gasteiger partial charge in [-0.1, -0.05) is 6.08 Å². The molecule has 1 heterocycles. The standard InChI is InChI=1S/C9H10N2S/c1-11-6-2-3-8-4-5-9(7-10)12-8/h2-5,11H,6H2,1H3. The molecule has 0 unspecified atom stereocenters. The minimum absolute atomic E-state index is 0.763. The Labute approximate surface area is 76.1 Å². The second-order valence-corrected chi connectivity index (χ2v) is 3.39. The number of nitrogens with one attached hydrogen (secondary N) is 1. The second-order valence-electron chi connectivity index (χ2n) is 2.27. The number of likely N-dealkylation sites (N-methyl/N-ethyl adjacent to an activating group) is 1. The van der Waals surface area contributed by atoms with Crippen molar-refractivity contribution in [3.63, 3.8) is 0 Å². The molecule has 0 aliphatic heterocycles. The van der Waals surface area contributed by atoms with E-state index in [-0.39, 0.29) is 0 Å². The third-order valence-corrected chi connectivity index (χ3v) is 2.30. The molecule has 1 N–H and O–H groups in total. The van der Waals surface area contributed by atoms with E-state index >= 15 is 0 Å². The molecule has 2 nitrogen and oxygen atoms in total. The van der Waals surface area contributed by atoms with E-state index in [1.165, 1.54) is 11.3 Å². The molecule has 1 aromatic heterocycles. The molecule has 0 atom stereocenters. The van der Waals surface area contributed by atoms with Crippen molar-refractivity contribution in [2.75, 3.05) is 13.6 Å². The van der Waals surface area contributed by atoms with Gasteiger partial charge in [0.25, 0.3) is 0 Å². The Morgan fingerprint density at radius 1 is 1.67 bits per heavy atom. The van der Waals surface area contributed by atoms with Crippen LogP contribution in [0, 0.1) is 11.3 Å². The molecule has 0 aliphatic carbocycles. The summed E-state index contributed by atoms with van der Waals surface area (Å²) in [6, 6.07) is 5.90. The zero-order valence-corrected chi connectivity index (χ0v) is 7.69. The Bertz CT molecular complexity index is 307. The zero-order chi connectivity index (χ0) is 8.81. The van der Waals surface area contributed by atoms with Crippen LogP contribution in [0.25, 0.3) is 6.08 Å². The fraction of sp³-hybridized carbons (Fsp3) is 0.222. The molecule has 0 amide bonds. The lowest BCUT2D eigenvalue weighted by Gasteiger charge is -1.86. The van der Waals surface area contributed by atoms with Crippen molar-refractivity contribution in [1.82, 2.24) is 5.32 Å². The molecule has 0 aromatic carbocycles. The van der Waals surface area contributed by atoms with E-state index in [2.05, 4.69) is 11.4 Å². The summed E-state index contributed by atoms with van der Waals surface area (Å²) in [7, 11) is 1.90. The lowest BCUT2D eigenvalue weighted by molar-refractivity contribution is 0.922. The monoisotopic (exact) mass is 178 g/mol. The zero-order valence-electron chi connectivity index (χ0n) is 6.87. The van der Waals surface area contributed by atoms with Gasteiger partial charge in [-0.2, -0.15) is 5.26 Å². The maximum atomic E-state index is 8.55. The van der Waals surface area contributed by atoms with E-state index in [4.69, 9.17) is 5.26 Å². The maximum Gasteiger partial charge on any atom is 0.110 e. The summed E-state index contributed by atoms with van der Waals surface area (Å²) in [6.45, 7) is 0.861. The van der Waals surface area contributed by atoms with E-state index in [1.54, 1.807) is 0 Å². The molecule has 12 heavy (non-hydrogen) atoms. The van der Waals surface area contributed by atoms with Gasteiger partial charge in [0.15, 0.2) is 0 Å². The van der Waals surface area contributed by atoms with Crippen LogP contribution in [0.4, 0.5) is 0 Å². The lowest BCUT2D eigenvalue weighted by Crippen LogP contribution is -2.03. The van der Waals surface area contributed by atoms with Crippen LogP contribution >= 0.6 is 11.3 Å². The van der Waals surface area contributed by atoms with Gasteiger partial charge in [-0.15, -0.1) is 11.3 Å². The van der Waals surface area contributed by atoms with Gasteiger partial charge >= 0.3 is 0 Å². The summed E-state index contributed by atoms with van der Waals surface area (Å²) in [5.41, 5.74) is 0. The molecule has 0 bridgehead atoms. The first kappa shape index (κ1) is 8.98. The Kier molecular flexibility index (Phi) is 3.52. The predicted molar refractivity (Wildman–Crippen MR) is 52.0 cm³/mol. The summed E-state index contributed by atoms with van der Waals surface area (Å²) in [4.78, 5) is 1.89. The van der Waals surface area contributed by atoms with Crippen molar-refractivity contribution < 1.29 is 0 Å². The van der Waals surface area contributed by atoms with Gasteiger partial charge < -0.3 is 5.32 Å². The minimum atomic E-state index is 0.763. The first-order chi connectivity index (χ1) is 5.86. The number of nitrogens with zero attached hydrogens (tertiary/aromatic N) is 1. The summed E-state index contributed by atoms with van der Waals surface area (Å²) in [5.74, 6) is 0. The van der Waals surface area contributed by atoms with Crippen molar-refractivity contribution >= 4 is 17.4 Å². The van der Waals surface area contributed by atoms with Crippen LogP contribution in [0.3, 0.4) is 0 Å². The van der Waals surface area contributed by atoms with E-state index < -0.39 is 0 Å². The lowest BCUT2D eigenvalue weighted by atomic mass is 10.4. The molecule has 0 aliphatic rings. The number of rotatable bonds is 3. The number of nitriles is 1. The molecular formula is C9H10N2S. The van der Waals surface area contributed by atoms with Gasteiger partial charge in [-0.3, -0.25) is 0 Å². The summed E-state index contributed by atoms with van der Waals surface area (Å²) < 4.78 is 0. The highest BCUT2D eigenvalue weighted by Crippen LogP contribution is 2.16. The highest BCUT2D eigenvalue weighted by molar-refractivity contribution is 7.13. The van der Waals surface area contributed by atoms with Crippen molar-refractivity contribution in [3.05, 3.63) is 28.0 Å². The van der Waals surface area contributed by atoms with Crippen LogP contribution < -0.4 is 5.32 Å². The van der Waals surface area contributed by atoms with Crippen LogP contribution in [0.2, 0.25) is 0 Å². The SMILES string of the molecule is CNCC=Cc1ccc(C#N)s1. The topological polar surface area (TPSA) is 35.8 Å². The average molecular weight is 178 g/mol. The molecule has 0 spiro atoms. The van der Waals surface area contributed by atoms with Gasteiger partial charge in [0.05, 0.1) is 0 Å². The van der Waals surface area contributed by atoms with E-state index in [1.807, 2.05) is 31.3 Å². The minimum Gasteiger partial charge on any atom is -0.316 e. The first-order valence-electron chi connectivity index (χ1n) is 3.68. The van der Waals surface area contributed by atoms with Gasteiger partial charge in [-0.25, -0.2) is 0 Å². The highest BCUT2D eigenvalue weighted by atomic mass is 32.1. The van der Waals surface area contributed by atoms with Crippen LogP contribution in [-0.4, -0.2) is 13.6 Å². The van der Waals surface area contributed by atoms with Crippen LogP contribution in [-0.2, 0) is 0 Å². The van der Waals surface area contributed by atoms with E-state index in [9.17, 15) is 0 Å². The summed E-state index contributed by atoms with van der Waals surface area (Å²) in [6.07, 6.45) is 4.05. The molecule has 1 rings (SSSR count). The van der Waals surface area contributed by atoms with E-state index in [0.29, 0.717) is 0 Å². The molecular weight excluding hydrogens is 168 g/mol. The van der Waals surface area contributed by atoms with Crippen molar-refractivity contribution in [3.8, 4) is 6.07 Å². The summed E-state index contributed by atoms with van der Waals surface area (Å²) >= 11 is 1.51. The van der Waals surface area contributed by atoms with Gasteiger partial charge in [-0.05, 0) is 25.3 Å². The molecule has 0 radical (unpaired) electrons. The molecule has 3 heteroatoms. The van der Waals surface area contributed by atoms with Gasteiger partial charge in [0.2, 0.25) is 0 Å². The number of hydrogen-bond donors (Lipinski definition) is 1. The summed E-state index contributed by atoms with van der Waals surface area (Å²) in [5, 5.41) is 11.6. The van der Waals surface area contributed by atoms with Gasteiger partial charge in [0, 0.05) is 11.4 Å². The van der Waals surface area contributed by atoms with Crippen LogP contribution in [0.15, 0.2) is 18.2 Å². The molecule has 0 fully saturated rings.